The first kappa shape index (κ1) is 33.0. The highest BCUT2D eigenvalue weighted by molar-refractivity contribution is 7.90. The molecule has 1 saturated heterocycles. The Labute approximate surface area is 263 Å². The second kappa shape index (κ2) is 13.5. The van der Waals surface area contributed by atoms with Crippen molar-refractivity contribution < 1.29 is 31.1 Å². The van der Waals surface area contributed by atoms with Crippen molar-refractivity contribution in [3.05, 3.63) is 48.2 Å². The fraction of sp³-hybridized carbons (Fsp3) is 0.515. The van der Waals surface area contributed by atoms with Crippen LogP contribution in [-0.4, -0.2) is 81.4 Å². The molecule has 2 aromatic carbocycles. The molecule has 2 aliphatic rings. The van der Waals surface area contributed by atoms with Crippen LogP contribution >= 0.6 is 0 Å². The summed E-state index contributed by atoms with van der Waals surface area (Å²) in [5.74, 6) is 6.22. The van der Waals surface area contributed by atoms with Crippen LogP contribution in [0.2, 0.25) is 0 Å². The maximum Gasteiger partial charge on any atom is 0.406 e. The van der Waals surface area contributed by atoms with Crippen molar-refractivity contribution in [3.8, 4) is 17.6 Å². The van der Waals surface area contributed by atoms with Crippen molar-refractivity contribution in [2.45, 2.75) is 68.7 Å². The summed E-state index contributed by atoms with van der Waals surface area (Å²) < 4.78 is 77.4. The summed E-state index contributed by atoms with van der Waals surface area (Å²) in [6.07, 6.45) is 0.727. The molecule has 1 aliphatic carbocycles. The van der Waals surface area contributed by atoms with E-state index in [9.17, 15) is 21.6 Å². The molecule has 0 radical (unpaired) electrons. The van der Waals surface area contributed by atoms with Gasteiger partial charge in [-0.05, 0) is 75.8 Å². The van der Waals surface area contributed by atoms with E-state index in [0.717, 1.165) is 63.9 Å². The molecule has 2 N–H and O–H groups in total. The van der Waals surface area contributed by atoms with Gasteiger partial charge in [-0.1, -0.05) is 12.0 Å². The highest BCUT2D eigenvalue weighted by Gasteiger charge is 2.37. The van der Waals surface area contributed by atoms with Gasteiger partial charge >= 0.3 is 6.18 Å². The lowest BCUT2D eigenvalue weighted by atomic mass is 9.79. The van der Waals surface area contributed by atoms with E-state index < -0.39 is 22.6 Å². The first-order chi connectivity index (χ1) is 21.4. The van der Waals surface area contributed by atoms with Gasteiger partial charge in [-0.2, -0.15) is 13.2 Å². The third kappa shape index (κ3) is 8.07. The third-order valence-corrected chi connectivity index (χ3v) is 9.86. The molecule has 244 valence electrons. The molecule has 8 nitrogen and oxygen atoms in total. The van der Waals surface area contributed by atoms with Gasteiger partial charge in [-0.25, -0.2) is 8.42 Å². The van der Waals surface area contributed by atoms with Crippen molar-refractivity contribution in [2.75, 3.05) is 56.3 Å². The number of sulfone groups is 1. The van der Waals surface area contributed by atoms with Gasteiger partial charge in [0.15, 0.2) is 9.84 Å². The van der Waals surface area contributed by atoms with E-state index in [1.807, 2.05) is 6.07 Å². The van der Waals surface area contributed by atoms with Crippen LogP contribution in [0.4, 0.5) is 24.5 Å². The van der Waals surface area contributed by atoms with Gasteiger partial charge in [0.05, 0.1) is 48.2 Å². The molecule has 45 heavy (non-hydrogen) atoms. The van der Waals surface area contributed by atoms with Gasteiger partial charge in [-0.15, -0.1) is 0 Å². The minimum atomic E-state index is -4.43. The average Bonchev–Trinajstić information content (AvgIpc) is 3.33. The van der Waals surface area contributed by atoms with E-state index in [4.69, 9.17) is 9.47 Å². The molecule has 5 rings (SSSR count). The number of anilines is 2. The van der Waals surface area contributed by atoms with E-state index in [1.165, 1.54) is 16.7 Å². The van der Waals surface area contributed by atoms with Crippen molar-refractivity contribution in [1.82, 2.24) is 9.47 Å². The molecule has 0 amide bonds. The van der Waals surface area contributed by atoms with E-state index in [0.29, 0.717) is 28.9 Å². The van der Waals surface area contributed by atoms with Gasteiger partial charge in [-0.3, -0.25) is 4.90 Å². The summed E-state index contributed by atoms with van der Waals surface area (Å²) in [7, 11) is -3.42. The quantitative estimate of drug-likeness (QED) is 0.280. The van der Waals surface area contributed by atoms with Gasteiger partial charge < -0.3 is 24.7 Å². The molecule has 0 unspecified atom stereocenters. The average molecular weight is 647 g/mol. The summed E-state index contributed by atoms with van der Waals surface area (Å²) in [5.41, 5.74) is 2.22. The lowest BCUT2D eigenvalue weighted by Crippen LogP contribution is -2.54. The van der Waals surface area contributed by atoms with Gasteiger partial charge in [0, 0.05) is 48.1 Å². The number of nitrogens with zero attached hydrogens (tertiary/aromatic N) is 2. The number of benzene rings is 2. The van der Waals surface area contributed by atoms with Crippen LogP contribution in [0.25, 0.3) is 10.9 Å². The van der Waals surface area contributed by atoms with Crippen molar-refractivity contribution in [2.24, 2.45) is 0 Å². The second-order valence-electron chi connectivity index (χ2n) is 12.0. The van der Waals surface area contributed by atoms with Crippen LogP contribution in [0, 0.1) is 11.8 Å². The Bertz CT molecular complexity index is 1660. The van der Waals surface area contributed by atoms with Crippen LogP contribution in [-0.2, 0) is 21.1 Å². The molecular weight excluding hydrogens is 605 g/mol. The zero-order valence-electron chi connectivity index (χ0n) is 26.0. The lowest BCUT2D eigenvalue weighted by Gasteiger charge is -2.47. The van der Waals surface area contributed by atoms with Crippen LogP contribution < -0.4 is 15.4 Å². The first-order valence-electron chi connectivity index (χ1n) is 15.3. The molecule has 12 heteroatoms. The van der Waals surface area contributed by atoms with E-state index >= 15 is 0 Å². The number of hydrogen-bond donors (Lipinski definition) is 2. The zero-order chi connectivity index (χ0) is 32.2. The van der Waals surface area contributed by atoms with Gasteiger partial charge in [0.1, 0.15) is 12.3 Å². The Morgan fingerprint density at radius 3 is 2.49 bits per heavy atom. The molecule has 0 bridgehead atoms. The minimum absolute atomic E-state index is 0.112. The van der Waals surface area contributed by atoms with Gasteiger partial charge in [0.25, 0.3) is 0 Å². The van der Waals surface area contributed by atoms with Crippen molar-refractivity contribution in [1.29, 1.82) is 0 Å². The lowest BCUT2D eigenvalue weighted by molar-refractivity contribution is -0.140. The fourth-order valence-corrected chi connectivity index (χ4v) is 6.95. The van der Waals surface area contributed by atoms with E-state index in [2.05, 4.69) is 34.3 Å². The summed E-state index contributed by atoms with van der Waals surface area (Å²) in [4.78, 5) is 2.66. The Morgan fingerprint density at radius 1 is 1.09 bits per heavy atom. The SMILES string of the molecule is CCOc1cc(S(C)(=O)=O)ccc1NCC#Cc1cc2c(NC3CCC(C)(N4CCOCC4)CC3)cccc2n1CC(F)(F)F. The van der Waals surface area contributed by atoms with E-state index in [-0.39, 0.29) is 28.7 Å². The van der Waals surface area contributed by atoms with Crippen LogP contribution in [0.1, 0.15) is 45.2 Å². The highest BCUT2D eigenvalue weighted by Crippen LogP contribution is 2.37. The highest BCUT2D eigenvalue weighted by atomic mass is 32.2. The van der Waals surface area contributed by atoms with Crippen LogP contribution in [0.5, 0.6) is 5.75 Å². The largest absolute Gasteiger partial charge is 0.492 e. The maximum atomic E-state index is 13.7. The number of nitrogens with one attached hydrogen (secondary N) is 2. The number of halogens is 3. The number of aromatic nitrogens is 1. The van der Waals surface area contributed by atoms with Crippen molar-refractivity contribution in [3.63, 3.8) is 0 Å². The topological polar surface area (TPSA) is 84.8 Å². The molecule has 2 fully saturated rings. The molecule has 0 atom stereocenters. The summed E-state index contributed by atoms with van der Waals surface area (Å²) in [5, 5.41) is 7.44. The molecule has 1 aliphatic heterocycles. The summed E-state index contributed by atoms with van der Waals surface area (Å²) >= 11 is 0. The third-order valence-electron chi connectivity index (χ3n) is 8.74. The monoisotopic (exact) mass is 646 g/mol. The predicted molar refractivity (Wildman–Crippen MR) is 171 cm³/mol. The molecular formula is C33H41F3N4O4S. The maximum absolute atomic E-state index is 13.7. The smallest absolute Gasteiger partial charge is 0.406 e. The molecule has 0 spiro atoms. The molecule has 1 aromatic heterocycles. The minimum Gasteiger partial charge on any atom is -0.492 e. The second-order valence-corrected chi connectivity index (χ2v) is 14.0. The Kier molecular flexibility index (Phi) is 9.91. The summed E-state index contributed by atoms with van der Waals surface area (Å²) in [6.45, 7) is 6.83. The molecule has 1 saturated carbocycles. The van der Waals surface area contributed by atoms with E-state index in [1.54, 1.807) is 31.2 Å². The number of fused-ring (bicyclic) bond motifs is 1. The summed E-state index contributed by atoms with van der Waals surface area (Å²) in [6, 6.07) is 11.9. The number of rotatable bonds is 9. The Balaban J connectivity index is 1.34. The number of hydrogen-bond acceptors (Lipinski definition) is 7. The van der Waals surface area contributed by atoms with Crippen LogP contribution in [0.3, 0.4) is 0 Å². The van der Waals surface area contributed by atoms with Gasteiger partial charge in [0.2, 0.25) is 0 Å². The first-order valence-corrected chi connectivity index (χ1v) is 17.2. The molecule has 2 heterocycles. The fourth-order valence-electron chi connectivity index (χ4n) is 6.32. The Morgan fingerprint density at radius 2 is 1.82 bits per heavy atom. The normalized spacial score (nSPS) is 21.2. The van der Waals surface area contributed by atoms with Crippen LogP contribution in [0.15, 0.2) is 47.4 Å². The Hall–Kier alpha value is -3.40. The zero-order valence-corrected chi connectivity index (χ0v) is 26.8. The predicted octanol–water partition coefficient (Wildman–Crippen LogP) is 5.91. The number of ether oxygens (including phenoxy) is 2. The standard InChI is InChI=1S/C33H41F3N4O4S/c1-4-44-31-22-26(45(3,41)42)10-11-29(31)37-16-6-7-25-21-27-28(8-5-9-30(27)40(25)23-33(34,35)36)38-24-12-14-32(2,15-13-24)39-17-19-43-20-18-39/h5,8-11,21-22,24,37-38H,4,12-20,23H2,1-3H3. The number of alkyl halides is 3. The molecule has 3 aromatic rings. The number of morpholine rings is 1. The van der Waals surface area contributed by atoms with Crippen molar-refractivity contribution >= 4 is 32.1 Å².